The minimum absolute atomic E-state index is 0.0357. The van der Waals surface area contributed by atoms with Crippen molar-refractivity contribution in [1.82, 2.24) is 5.32 Å². The average molecular weight is 370 g/mol. The van der Waals surface area contributed by atoms with E-state index in [4.69, 9.17) is 0 Å². The van der Waals surface area contributed by atoms with Crippen molar-refractivity contribution in [3.8, 4) is 0 Å². The predicted molar refractivity (Wildman–Crippen MR) is 103 cm³/mol. The fourth-order valence-corrected chi connectivity index (χ4v) is 4.50. The van der Waals surface area contributed by atoms with Gasteiger partial charge in [0, 0.05) is 17.3 Å². The molecule has 26 heavy (non-hydrogen) atoms. The number of benzene rings is 2. The first-order valence-electron chi connectivity index (χ1n) is 8.58. The molecule has 0 bridgehead atoms. The summed E-state index contributed by atoms with van der Waals surface area (Å²) in [5, 5.41) is 5.91. The molecule has 0 saturated carbocycles. The second-order valence-electron chi connectivity index (χ2n) is 6.48. The lowest BCUT2D eigenvalue weighted by molar-refractivity contribution is -0.112. The molecule has 1 aliphatic rings. The summed E-state index contributed by atoms with van der Waals surface area (Å²) in [6.07, 6.45) is 0.804. The second kappa shape index (κ2) is 6.96. The molecule has 0 spiro atoms. The van der Waals surface area contributed by atoms with Crippen LogP contribution in [0.1, 0.15) is 31.4 Å². The molecule has 2 N–H and O–H groups in total. The topological polar surface area (TPSA) is 75.3 Å². The first kappa shape index (κ1) is 18.2. The van der Waals surface area contributed by atoms with Crippen molar-refractivity contribution >= 4 is 27.1 Å². The van der Waals surface area contributed by atoms with Crippen LogP contribution in [0.2, 0.25) is 0 Å². The Kier molecular flexibility index (Phi) is 4.87. The van der Waals surface area contributed by atoms with Crippen LogP contribution in [0.3, 0.4) is 0 Å². The van der Waals surface area contributed by atoms with Crippen LogP contribution >= 0.6 is 0 Å². The number of sulfone groups is 1. The van der Waals surface area contributed by atoms with Crippen LogP contribution in [0.4, 0.5) is 5.69 Å². The third-order valence-corrected chi connectivity index (χ3v) is 6.32. The van der Waals surface area contributed by atoms with E-state index < -0.39 is 15.7 Å². The van der Waals surface area contributed by atoms with Crippen molar-refractivity contribution in [3.63, 3.8) is 0 Å². The molecule has 1 atom stereocenters. The van der Waals surface area contributed by atoms with E-state index in [2.05, 4.69) is 10.6 Å². The van der Waals surface area contributed by atoms with Gasteiger partial charge in [0.25, 0.3) is 5.91 Å². The molecule has 0 aromatic heterocycles. The highest BCUT2D eigenvalue weighted by Gasteiger charge is 2.40. The fraction of sp³-hybridized carbons (Fsp3) is 0.250. The molecule has 5 nitrogen and oxygen atoms in total. The molecule has 1 amide bonds. The lowest BCUT2D eigenvalue weighted by Gasteiger charge is -2.16. The largest absolute Gasteiger partial charge is 0.381 e. The van der Waals surface area contributed by atoms with E-state index in [9.17, 15) is 13.2 Å². The molecular formula is C20H22N2O3S. The highest BCUT2D eigenvalue weighted by Crippen LogP contribution is 2.38. The van der Waals surface area contributed by atoms with Crippen LogP contribution in [-0.2, 0) is 14.6 Å². The van der Waals surface area contributed by atoms with E-state index in [0.717, 1.165) is 12.0 Å². The zero-order valence-corrected chi connectivity index (χ0v) is 15.9. The fourth-order valence-electron chi connectivity index (χ4n) is 2.83. The highest BCUT2D eigenvalue weighted by atomic mass is 32.2. The molecule has 2 aromatic rings. The van der Waals surface area contributed by atoms with E-state index in [1.165, 1.54) is 6.07 Å². The van der Waals surface area contributed by atoms with Gasteiger partial charge in [-0.25, -0.2) is 8.42 Å². The standard InChI is InChI=1S/C20H22N2O3S/c1-4-14(3)21-18-16-7-5-6-8-17(16)26(24,25)19(18)20(23)22-15-11-9-13(2)10-12-15/h5-12,14,21H,4H2,1-3H3,(H,22,23)/t14-/m0/s1. The zero-order chi connectivity index (χ0) is 18.9. The monoisotopic (exact) mass is 370 g/mol. The third kappa shape index (κ3) is 3.24. The second-order valence-corrected chi connectivity index (χ2v) is 8.33. The van der Waals surface area contributed by atoms with E-state index >= 15 is 0 Å². The third-order valence-electron chi connectivity index (χ3n) is 4.46. The first-order valence-corrected chi connectivity index (χ1v) is 10.1. The summed E-state index contributed by atoms with van der Waals surface area (Å²) in [4.78, 5) is 12.8. The Balaban J connectivity index is 2.06. The molecule has 6 heteroatoms. The molecule has 1 aliphatic heterocycles. The predicted octanol–water partition coefficient (Wildman–Crippen LogP) is 3.48. The Hall–Kier alpha value is -2.60. The van der Waals surface area contributed by atoms with Gasteiger partial charge in [0.1, 0.15) is 0 Å². The minimum atomic E-state index is -3.87. The molecule has 0 unspecified atom stereocenters. The number of amides is 1. The van der Waals surface area contributed by atoms with Crippen molar-refractivity contribution in [2.24, 2.45) is 0 Å². The van der Waals surface area contributed by atoms with Crippen molar-refractivity contribution < 1.29 is 13.2 Å². The van der Waals surface area contributed by atoms with Gasteiger partial charge < -0.3 is 10.6 Å². The van der Waals surface area contributed by atoms with Crippen LogP contribution in [-0.4, -0.2) is 20.4 Å². The van der Waals surface area contributed by atoms with Gasteiger partial charge in [-0.3, -0.25) is 4.79 Å². The van der Waals surface area contributed by atoms with Gasteiger partial charge in [-0.2, -0.15) is 0 Å². The molecule has 0 radical (unpaired) electrons. The number of fused-ring (bicyclic) bond motifs is 1. The quantitative estimate of drug-likeness (QED) is 0.845. The van der Waals surface area contributed by atoms with E-state index in [1.54, 1.807) is 30.3 Å². The molecule has 3 rings (SSSR count). The van der Waals surface area contributed by atoms with Gasteiger partial charge >= 0.3 is 0 Å². The summed E-state index contributed by atoms with van der Waals surface area (Å²) in [5.41, 5.74) is 2.53. The Bertz CT molecular complexity index is 976. The van der Waals surface area contributed by atoms with Gasteiger partial charge in [-0.05, 0) is 38.5 Å². The van der Waals surface area contributed by atoms with Gasteiger partial charge in [-0.1, -0.05) is 42.8 Å². The number of carbonyl (C=O) groups is 1. The number of hydrogen-bond donors (Lipinski definition) is 2. The van der Waals surface area contributed by atoms with Crippen LogP contribution in [0.5, 0.6) is 0 Å². The number of hydrogen-bond acceptors (Lipinski definition) is 4. The summed E-state index contributed by atoms with van der Waals surface area (Å²) in [7, 11) is -3.87. The van der Waals surface area contributed by atoms with Crippen LogP contribution in [0, 0.1) is 6.92 Å². The van der Waals surface area contributed by atoms with E-state index in [1.807, 2.05) is 32.9 Å². The average Bonchev–Trinajstić information content (AvgIpc) is 2.84. The molecule has 0 fully saturated rings. The summed E-state index contributed by atoms with van der Waals surface area (Å²) < 4.78 is 26.0. The van der Waals surface area contributed by atoms with Crippen molar-refractivity contribution in [3.05, 3.63) is 64.6 Å². The van der Waals surface area contributed by atoms with Gasteiger partial charge in [0.15, 0.2) is 4.91 Å². The number of carbonyl (C=O) groups excluding carboxylic acids is 1. The maximum Gasteiger partial charge on any atom is 0.269 e. The number of anilines is 1. The number of rotatable bonds is 5. The SMILES string of the molecule is CC[C@H](C)NC1=C(C(=O)Nc2ccc(C)cc2)S(=O)(=O)c2ccccc21. The highest BCUT2D eigenvalue weighted by molar-refractivity contribution is 7.97. The maximum absolute atomic E-state index is 13.0. The summed E-state index contributed by atoms with van der Waals surface area (Å²) in [6, 6.07) is 14.0. The molecule has 0 saturated heterocycles. The summed E-state index contributed by atoms with van der Waals surface area (Å²) in [6.45, 7) is 5.90. The normalized spacial score (nSPS) is 16.1. The molecule has 1 heterocycles. The zero-order valence-electron chi connectivity index (χ0n) is 15.0. The number of aryl methyl sites for hydroxylation is 1. The lowest BCUT2D eigenvalue weighted by atomic mass is 10.1. The summed E-state index contributed by atoms with van der Waals surface area (Å²) >= 11 is 0. The van der Waals surface area contributed by atoms with Crippen LogP contribution in [0.25, 0.3) is 5.70 Å². The van der Waals surface area contributed by atoms with Gasteiger partial charge in [0.05, 0.1) is 10.6 Å². The Morgan fingerprint density at radius 3 is 2.38 bits per heavy atom. The Morgan fingerprint density at radius 1 is 1.08 bits per heavy atom. The molecule has 0 aliphatic carbocycles. The molecular weight excluding hydrogens is 348 g/mol. The maximum atomic E-state index is 13.0. The van der Waals surface area contributed by atoms with Gasteiger partial charge in [0.2, 0.25) is 9.84 Å². The first-order chi connectivity index (χ1) is 12.3. The van der Waals surface area contributed by atoms with E-state index in [0.29, 0.717) is 16.9 Å². The van der Waals surface area contributed by atoms with Crippen molar-refractivity contribution in [2.75, 3.05) is 5.32 Å². The minimum Gasteiger partial charge on any atom is -0.381 e. The molecule has 136 valence electrons. The molecule has 2 aromatic carbocycles. The number of nitrogens with one attached hydrogen (secondary N) is 2. The van der Waals surface area contributed by atoms with Crippen molar-refractivity contribution in [2.45, 2.75) is 38.1 Å². The summed E-state index contributed by atoms with van der Waals surface area (Å²) in [5.74, 6) is -0.629. The van der Waals surface area contributed by atoms with Crippen LogP contribution < -0.4 is 10.6 Å². The Morgan fingerprint density at radius 2 is 1.73 bits per heavy atom. The van der Waals surface area contributed by atoms with Crippen LogP contribution in [0.15, 0.2) is 58.3 Å². The van der Waals surface area contributed by atoms with E-state index in [-0.39, 0.29) is 15.8 Å². The van der Waals surface area contributed by atoms with Crippen molar-refractivity contribution in [1.29, 1.82) is 0 Å². The smallest absolute Gasteiger partial charge is 0.269 e. The lowest BCUT2D eigenvalue weighted by Crippen LogP contribution is -2.27. The Labute approximate surface area is 154 Å². The van der Waals surface area contributed by atoms with Gasteiger partial charge in [-0.15, -0.1) is 0 Å².